The maximum Gasteiger partial charge on any atom is 0.325 e. The van der Waals surface area contributed by atoms with Crippen LogP contribution in [0.15, 0.2) is 0 Å². The van der Waals surface area contributed by atoms with Gasteiger partial charge in [-0.05, 0) is 0 Å². The monoisotopic (exact) mass is 246 g/mol. The van der Waals surface area contributed by atoms with Crippen LogP contribution in [-0.4, -0.2) is 64.5 Å². The molecule has 1 rings (SSSR count). The van der Waals surface area contributed by atoms with E-state index < -0.39 is 6.04 Å². The molecule has 0 aromatic heterocycles. The van der Waals surface area contributed by atoms with E-state index in [9.17, 15) is 9.59 Å². The number of nitrogens with one attached hydrogen (secondary N) is 2. The molecule has 0 radical (unpaired) electrons. The third-order valence-electron chi connectivity index (χ3n) is 2.20. The molecule has 0 aliphatic carbocycles. The minimum Gasteiger partial charge on any atom is -0.462 e. The van der Waals surface area contributed by atoms with Gasteiger partial charge in [0.25, 0.3) is 0 Å². The van der Waals surface area contributed by atoms with Crippen LogP contribution in [0.25, 0.3) is 0 Å². The Morgan fingerprint density at radius 3 is 2.76 bits per heavy atom. The molecule has 0 bridgehead atoms. The maximum absolute atomic E-state index is 11.5. The van der Waals surface area contributed by atoms with Gasteiger partial charge in [-0.1, -0.05) is 0 Å². The fourth-order valence-electron chi connectivity index (χ4n) is 1.28. The Bertz CT molecular complexity index is 249. The molecule has 2 N–H and O–H groups in total. The second-order valence-electron chi connectivity index (χ2n) is 3.51. The molecule has 1 amide bonds. The summed E-state index contributed by atoms with van der Waals surface area (Å²) in [6.45, 7) is 1.95. The van der Waals surface area contributed by atoms with Gasteiger partial charge in [0, 0.05) is 13.7 Å². The lowest BCUT2D eigenvalue weighted by Crippen LogP contribution is -2.55. The molecule has 1 atom stereocenters. The standard InChI is InChI=1S/C10H18N2O5/c1-15-2-3-16-4-5-17-10(14)8-6-12-9(13)7-11-8/h8,11H,2-7H2,1H3,(H,12,13). The van der Waals surface area contributed by atoms with Crippen LogP contribution in [0.1, 0.15) is 0 Å². The van der Waals surface area contributed by atoms with Gasteiger partial charge in [0.05, 0.1) is 26.4 Å². The first kappa shape index (κ1) is 13.9. The van der Waals surface area contributed by atoms with E-state index in [0.717, 1.165) is 0 Å². The summed E-state index contributed by atoms with van der Waals surface area (Å²) in [4.78, 5) is 22.3. The Morgan fingerprint density at radius 1 is 1.35 bits per heavy atom. The number of piperazine rings is 1. The zero-order valence-electron chi connectivity index (χ0n) is 9.86. The highest BCUT2D eigenvalue weighted by Crippen LogP contribution is 1.92. The summed E-state index contributed by atoms with van der Waals surface area (Å²) in [6.07, 6.45) is 0. The lowest BCUT2D eigenvalue weighted by Gasteiger charge is -2.22. The fraction of sp³-hybridized carbons (Fsp3) is 0.800. The summed E-state index contributed by atoms with van der Waals surface area (Å²) >= 11 is 0. The van der Waals surface area contributed by atoms with Crippen LogP contribution < -0.4 is 10.6 Å². The van der Waals surface area contributed by atoms with E-state index in [1.54, 1.807) is 7.11 Å². The zero-order valence-corrected chi connectivity index (χ0v) is 9.86. The largest absolute Gasteiger partial charge is 0.462 e. The van der Waals surface area contributed by atoms with Gasteiger partial charge in [-0.15, -0.1) is 0 Å². The van der Waals surface area contributed by atoms with E-state index in [1.165, 1.54) is 0 Å². The maximum atomic E-state index is 11.5. The van der Waals surface area contributed by atoms with Crippen LogP contribution in [0.2, 0.25) is 0 Å². The third-order valence-corrected chi connectivity index (χ3v) is 2.20. The van der Waals surface area contributed by atoms with Gasteiger partial charge in [0.15, 0.2) is 0 Å². The Balaban J connectivity index is 2.03. The summed E-state index contributed by atoms with van der Waals surface area (Å²) < 4.78 is 14.9. The van der Waals surface area contributed by atoms with Gasteiger partial charge >= 0.3 is 5.97 Å². The Morgan fingerprint density at radius 2 is 2.12 bits per heavy atom. The van der Waals surface area contributed by atoms with Gasteiger partial charge < -0.3 is 19.5 Å². The van der Waals surface area contributed by atoms with Crippen LogP contribution in [-0.2, 0) is 23.8 Å². The van der Waals surface area contributed by atoms with E-state index in [2.05, 4.69) is 10.6 Å². The second-order valence-corrected chi connectivity index (χ2v) is 3.51. The topological polar surface area (TPSA) is 85.9 Å². The Hall–Kier alpha value is -1.18. The van der Waals surface area contributed by atoms with E-state index in [1.807, 2.05) is 0 Å². The number of carbonyl (C=O) groups is 2. The SMILES string of the molecule is COCCOCCOC(=O)C1CNC(=O)CN1. The van der Waals surface area contributed by atoms with E-state index in [-0.39, 0.29) is 31.6 Å². The number of methoxy groups -OCH3 is 1. The second kappa shape index (κ2) is 7.99. The van der Waals surface area contributed by atoms with Crippen molar-refractivity contribution in [3.63, 3.8) is 0 Å². The first-order valence-electron chi connectivity index (χ1n) is 5.47. The number of hydrogen-bond acceptors (Lipinski definition) is 6. The zero-order chi connectivity index (χ0) is 12.5. The molecule has 1 heterocycles. The van der Waals surface area contributed by atoms with E-state index >= 15 is 0 Å². The highest BCUT2D eigenvalue weighted by Gasteiger charge is 2.24. The number of rotatable bonds is 7. The van der Waals surface area contributed by atoms with Gasteiger partial charge in [0.1, 0.15) is 12.6 Å². The molecule has 7 nitrogen and oxygen atoms in total. The quantitative estimate of drug-likeness (QED) is 0.410. The molecular weight excluding hydrogens is 228 g/mol. The summed E-state index contributed by atoms with van der Waals surface area (Å²) in [5, 5.41) is 5.36. The predicted octanol–water partition coefficient (Wildman–Crippen LogP) is -1.72. The molecule has 0 aromatic carbocycles. The van der Waals surface area contributed by atoms with Crippen LogP contribution in [0, 0.1) is 0 Å². The van der Waals surface area contributed by atoms with Crippen molar-refractivity contribution in [2.45, 2.75) is 6.04 Å². The van der Waals surface area contributed by atoms with Crippen molar-refractivity contribution >= 4 is 11.9 Å². The summed E-state index contributed by atoms with van der Waals surface area (Å²) in [7, 11) is 1.59. The summed E-state index contributed by atoms with van der Waals surface area (Å²) in [6, 6.07) is -0.466. The van der Waals surface area contributed by atoms with Crippen LogP contribution in [0.4, 0.5) is 0 Å². The van der Waals surface area contributed by atoms with Crippen LogP contribution in [0.5, 0.6) is 0 Å². The van der Waals surface area contributed by atoms with Crippen molar-refractivity contribution in [3.8, 4) is 0 Å². The summed E-state index contributed by atoms with van der Waals surface area (Å²) in [5.74, 6) is -0.489. The van der Waals surface area contributed by atoms with E-state index in [0.29, 0.717) is 19.8 Å². The number of ether oxygens (including phenoxy) is 3. The third kappa shape index (κ3) is 5.62. The number of carbonyl (C=O) groups excluding carboxylic acids is 2. The minimum atomic E-state index is -0.466. The lowest BCUT2D eigenvalue weighted by atomic mass is 10.2. The molecule has 7 heteroatoms. The average Bonchev–Trinajstić information content (AvgIpc) is 2.34. The molecular formula is C10H18N2O5. The van der Waals surface area contributed by atoms with Gasteiger partial charge in [-0.2, -0.15) is 0 Å². The number of amides is 1. The molecule has 1 saturated heterocycles. The van der Waals surface area contributed by atoms with Crippen molar-refractivity contribution in [1.29, 1.82) is 0 Å². The van der Waals surface area contributed by atoms with Gasteiger partial charge in [-0.3, -0.25) is 14.9 Å². The Labute approximate surface area is 99.8 Å². The average molecular weight is 246 g/mol. The number of hydrogen-bond donors (Lipinski definition) is 2. The van der Waals surface area contributed by atoms with Crippen molar-refractivity contribution in [2.75, 3.05) is 46.6 Å². The smallest absolute Gasteiger partial charge is 0.325 e. The lowest BCUT2D eigenvalue weighted by molar-refractivity contribution is -0.148. The predicted molar refractivity (Wildman–Crippen MR) is 58.5 cm³/mol. The Kier molecular flexibility index (Phi) is 6.53. The van der Waals surface area contributed by atoms with Crippen LogP contribution in [0.3, 0.4) is 0 Å². The molecule has 1 unspecified atom stereocenters. The molecule has 1 aliphatic rings. The minimum absolute atomic E-state index is 0.114. The fourth-order valence-corrected chi connectivity index (χ4v) is 1.28. The highest BCUT2D eigenvalue weighted by atomic mass is 16.6. The van der Waals surface area contributed by atoms with Gasteiger partial charge in [0.2, 0.25) is 5.91 Å². The molecule has 0 saturated carbocycles. The van der Waals surface area contributed by atoms with E-state index in [4.69, 9.17) is 14.2 Å². The van der Waals surface area contributed by atoms with Crippen molar-refractivity contribution in [1.82, 2.24) is 10.6 Å². The van der Waals surface area contributed by atoms with Crippen molar-refractivity contribution in [3.05, 3.63) is 0 Å². The molecule has 0 aromatic rings. The van der Waals surface area contributed by atoms with Crippen molar-refractivity contribution in [2.24, 2.45) is 0 Å². The first-order valence-corrected chi connectivity index (χ1v) is 5.47. The molecule has 1 aliphatic heterocycles. The number of esters is 1. The van der Waals surface area contributed by atoms with Crippen molar-refractivity contribution < 1.29 is 23.8 Å². The first-order chi connectivity index (χ1) is 8.24. The molecule has 0 spiro atoms. The molecule has 1 fully saturated rings. The van der Waals surface area contributed by atoms with Crippen LogP contribution >= 0.6 is 0 Å². The molecule has 17 heavy (non-hydrogen) atoms. The van der Waals surface area contributed by atoms with Gasteiger partial charge in [-0.25, -0.2) is 0 Å². The summed E-state index contributed by atoms with van der Waals surface area (Å²) in [5.41, 5.74) is 0. The molecule has 98 valence electrons. The highest BCUT2D eigenvalue weighted by molar-refractivity contribution is 5.83. The normalized spacial score (nSPS) is 19.8.